The number of nitrogens with zero attached hydrogens (tertiary/aromatic N) is 1. The first kappa shape index (κ1) is 59.5. The van der Waals surface area contributed by atoms with E-state index >= 15 is 0 Å². The van der Waals surface area contributed by atoms with E-state index in [0.717, 1.165) is 16.7 Å². The fraction of sp³-hybridized carbons (Fsp3) is 0.491. The largest absolute Gasteiger partial charge is 0.481 e. The fourth-order valence-corrected chi connectivity index (χ4v) is 9.51. The van der Waals surface area contributed by atoms with Crippen LogP contribution in [0.2, 0.25) is 0 Å². The highest BCUT2D eigenvalue weighted by Gasteiger charge is 2.44. The smallest absolute Gasteiger partial charge is 0.323 e. The lowest BCUT2D eigenvalue weighted by molar-refractivity contribution is -0.142. The van der Waals surface area contributed by atoms with Crippen LogP contribution in [0, 0.1) is 18.2 Å². The number of halogens is 1. The van der Waals surface area contributed by atoms with Crippen molar-refractivity contribution in [3.8, 4) is 11.1 Å². The molecule has 0 bridgehead atoms. The van der Waals surface area contributed by atoms with Crippen molar-refractivity contribution in [1.82, 2.24) is 26.1 Å². The van der Waals surface area contributed by atoms with E-state index in [1.165, 1.54) is 12.1 Å². The van der Waals surface area contributed by atoms with Crippen molar-refractivity contribution in [3.63, 3.8) is 0 Å². The molecule has 4 aromatic rings. The summed E-state index contributed by atoms with van der Waals surface area (Å²) in [6, 6.07) is 12.0. The van der Waals surface area contributed by atoms with Crippen LogP contribution in [-0.2, 0) is 33.6 Å². The van der Waals surface area contributed by atoms with E-state index in [0.29, 0.717) is 16.6 Å². The lowest BCUT2D eigenvalue weighted by Gasteiger charge is -2.37. The van der Waals surface area contributed by atoms with Crippen molar-refractivity contribution < 1.29 is 58.1 Å². The third kappa shape index (κ3) is 15.2. The maximum Gasteiger partial charge on any atom is 0.323 e. The third-order valence-corrected chi connectivity index (χ3v) is 13.6. The number of nitrogens with two attached hydrogens (primary N) is 1. The fourth-order valence-electron chi connectivity index (χ4n) is 9.51. The number of aromatic nitrogens is 2. The molecule has 0 spiro atoms. The number of aromatic amines is 1. The Labute approximate surface area is 430 Å². The molecule has 4 amide bonds. The van der Waals surface area contributed by atoms with E-state index in [1.807, 2.05) is 12.1 Å². The van der Waals surface area contributed by atoms with Gasteiger partial charge in [0.2, 0.25) is 11.8 Å². The highest BCUT2D eigenvalue weighted by molar-refractivity contribution is 6.08. The molecular weight excluding hydrogens is 958 g/mol. The Morgan fingerprint density at radius 3 is 1.89 bits per heavy atom. The van der Waals surface area contributed by atoms with Crippen LogP contribution in [-0.4, -0.2) is 108 Å². The summed E-state index contributed by atoms with van der Waals surface area (Å²) < 4.78 is 14.2. The summed E-state index contributed by atoms with van der Waals surface area (Å²) in [4.78, 5) is 104. The van der Waals surface area contributed by atoms with Gasteiger partial charge in [-0.2, -0.15) is 5.10 Å². The Hall–Kier alpha value is -7.10. The summed E-state index contributed by atoms with van der Waals surface area (Å²) in [7, 11) is 0. The van der Waals surface area contributed by atoms with Gasteiger partial charge in [0, 0.05) is 35.9 Å². The lowest BCUT2D eigenvalue weighted by Crippen LogP contribution is -2.62. The second kappa shape index (κ2) is 25.2. The van der Waals surface area contributed by atoms with Gasteiger partial charge < -0.3 is 42.3 Å². The van der Waals surface area contributed by atoms with Crippen molar-refractivity contribution in [1.29, 1.82) is 0 Å². The predicted octanol–water partition coefficient (Wildman–Crippen LogP) is 7.27. The number of carboxylic acid groups (broad SMARTS) is 3. The number of urea groups is 1. The number of aryl methyl sites for hydroxylation is 1. The minimum atomic E-state index is -1.52. The highest BCUT2D eigenvalue weighted by Crippen LogP contribution is 2.36. The third-order valence-electron chi connectivity index (χ3n) is 13.6. The van der Waals surface area contributed by atoms with Crippen molar-refractivity contribution in [3.05, 3.63) is 72.0 Å². The van der Waals surface area contributed by atoms with Crippen molar-refractivity contribution in [2.45, 2.75) is 161 Å². The number of carboxylic acids is 3. The first-order valence-corrected chi connectivity index (χ1v) is 24.8. The minimum Gasteiger partial charge on any atom is -0.481 e. The molecule has 74 heavy (non-hydrogen) atoms. The molecule has 0 saturated heterocycles. The average Bonchev–Trinajstić information content (AvgIpc) is 3.74. The quantitative estimate of drug-likeness (QED) is 0.0255. The second-order valence-electron chi connectivity index (χ2n) is 20.1. The molecule has 21 heteroatoms. The van der Waals surface area contributed by atoms with Crippen LogP contribution in [0.5, 0.6) is 0 Å². The first-order valence-electron chi connectivity index (χ1n) is 24.8. The topological polar surface area (TPSA) is 324 Å². The molecule has 0 fully saturated rings. The molecule has 12 N–H and O–H groups in total. The number of amides is 4. The number of fused-ring (bicyclic) bond motifs is 1. The number of carbonyl (C=O) groups is 8. The zero-order valence-electron chi connectivity index (χ0n) is 43.6. The number of hydrogen-bond acceptors (Lipinski definition) is 12. The van der Waals surface area contributed by atoms with E-state index in [-0.39, 0.29) is 62.9 Å². The lowest BCUT2D eigenvalue weighted by atomic mass is 9.79. The Morgan fingerprint density at radius 1 is 0.743 bits per heavy atom. The highest BCUT2D eigenvalue weighted by atomic mass is 19.1. The summed E-state index contributed by atoms with van der Waals surface area (Å²) in [5.74, 6) is -6.29. The number of H-pyrrole nitrogens is 1. The predicted molar refractivity (Wildman–Crippen MR) is 279 cm³/mol. The van der Waals surface area contributed by atoms with Gasteiger partial charge in [0.1, 0.15) is 17.9 Å². The van der Waals surface area contributed by atoms with Crippen LogP contribution in [0.15, 0.2) is 60.7 Å². The van der Waals surface area contributed by atoms with E-state index in [2.05, 4.69) is 42.1 Å². The summed E-state index contributed by atoms with van der Waals surface area (Å²) in [6.45, 7) is 15.3. The molecule has 0 aliphatic rings. The molecule has 0 saturated carbocycles. The molecular formula is C53H72FN9O11. The number of ketones is 2. The Bertz CT molecular complexity index is 2700. The molecule has 0 aliphatic heterocycles. The maximum absolute atomic E-state index is 14.2. The molecule has 0 radical (unpaired) electrons. The maximum atomic E-state index is 14.2. The molecule has 402 valence electrons. The molecule has 3 atom stereocenters. The van der Waals surface area contributed by atoms with E-state index in [1.54, 1.807) is 98.7 Å². The monoisotopic (exact) mass is 1030 g/mol. The van der Waals surface area contributed by atoms with Gasteiger partial charge >= 0.3 is 23.9 Å². The van der Waals surface area contributed by atoms with Crippen LogP contribution in [0.3, 0.4) is 0 Å². The normalized spacial score (nSPS) is 13.3. The number of rotatable bonds is 29. The number of benzene rings is 3. The molecule has 0 aliphatic carbocycles. The molecule has 3 aromatic carbocycles. The van der Waals surface area contributed by atoms with Crippen LogP contribution in [0.1, 0.15) is 125 Å². The van der Waals surface area contributed by atoms with Crippen molar-refractivity contribution in [2.75, 3.05) is 16.0 Å². The number of hydrogen-bond donors (Lipinski definition) is 11. The van der Waals surface area contributed by atoms with Crippen molar-refractivity contribution in [2.24, 2.45) is 11.1 Å². The SMILES string of the molecule is CCC(CC)(N[C@@H](CCC(=O)O)C(=O)O)C(=O)CC[C@H](NC(CC)(CC)C(=O)[C@@H](N)CC(=O)NC(C)(C)CC(C)(C)C(=O)Nc1n[nH]c2cccc(-c3ccc(NC(=O)Nc4cc(C)ccc4F)cc3)c12)C(=O)O. The summed E-state index contributed by atoms with van der Waals surface area (Å²) in [6.07, 6.45) is -1.23. The Morgan fingerprint density at radius 2 is 1.32 bits per heavy atom. The van der Waals surface area contributed by atoms with E-state index in [9.17, 15) is 53.0 Å². The van der Waals surface area contributed by atoms with Crippen LogP contribution in [0.4, 0.5) is 26.4 Å². The van der Waals surface area contributed by atoms with Crippen LogP contribution in [0.25, 0.3) is 22.0 Å². The van der Waals surface area contributed by atoms with E-state index in [4.69, 9.17) is 10.8 Å². The van der Waals surface area contributed by atoms with Gasteiger partial charge in [-0.3, -0.25) is 49.3 Å². The number of carbonyl (C=O) groups excluding carboxylic acids is 5. The summed E-state index contributed by atoms with van der Waals surface area (Å²) >= 11 is 0. The molecule has 0 unspecified atom stereocenters. The summed E-state index contributed by atoms with van der Waals surface area (Å²) in [5.41, 5.74) is 4.77. The second-order valence-corrected chi connectivity index (χ2v) is 20.1. The average molecular weight is 1030 g/mol. The van der Waals surface area contributed by atoms with Gasteiger partial charge in [-0.25, -0.2) is 9.18 Å². The number of aliphatic carboxylic acids is 3. The van der Waals surface area contributed by atoms with Crippen LogP contribution >= 0.6 is 0 Å². The molecule has 1 aromatic heterocycles. The van der Waals surface area contributed by atoms with Gasteiger partial charge in [0.25, 0.3) is 0 Å². The van der Waals surface area contributed by atoms with Gasteiger partial charge in [-0.1, -0.05) is 71.9 Å². The van der Waals surface area contributed by atoms with Gasteiger partial charge in [-0.05, 0) is 113 Å². The Kier molecular flexibility index (Phi) is 20.3. The van der Waals surface area contributed by atoms with Gasteiger partial charge in [-0.15, -0.1) is 0 Å². The van der Waals surface area contributed by atoms with E-state index < -0.39 is 106 Å². The first-order chi connectivity index (χ1) is 34.6. The van der Waals surface area contributed by atoms with Gasteiger partial charge in [0.15, 0.2) is 17.4 Å². The molecule has 1 heterocycles. The number of nitrogens with one attached hydrogen (secondary N) is 7. The molecule has 20 nitrogen and oxygen atoms in total. The van der Waals surface area contributed by atoms with Crippen molar-refractivity contribution >= 4 is 75.4 Å². The standard InChI is InChI=1S/C53H72FN9O11/c1-10-52(11-2,59-38(47(71)72)24-26-42(66)67)40(64)25-23-37(46(69)70)60-53(12-3,13-4)44(68)35(55)28-41(65)61-51(8,9)29-50(6,7)48(73)58-45-43-33(15-14-16-36(43)62-63-45)31-18-20-32(21-19-31)56-49(74)57-39-27-30(5)17-22-34(39)54/h14-22,27,35,37-38,59-60H,10-13,23-26,28-29,55H2,1-9H3,(H,61,65)(H,66,67)(H,69,70)(H,71,72)(H2,56,57,74)(H2,58,62,63,73)/t35-,37-,38-/m0/s1. The number of Topliss-reactive ketones (excluding diaryl/α,β-unsaturated/α-hetero) is 2. The van der Waals surface area contributed by atoms with Gasteiger partial charge in [0.05, 0.1) is 33.7 Å². The number of anilines is 3. The molecule has 4 rings (SSSR count). The summed E-state index contributed by atoms with van der Waals surface area (Å²) in [5, 5.41) is 54.0. The zero-order valence-corrected chi connectivity index (χ0v) is 43.6. The zero-order chi connectivity index (χ0) is 55.3. The van der Waals surface area contributed by atoms with Crippen LogP contribution < -0.4 is 37.6 Å². The minimum absolute atomic E-state index is 0.0460. The Balaban J connectivity index is 1.40.